The maximum absolute atomic E-state index is 13.0. The van der Waals surface area contributed by atoms with Gasteiger partial charge in [-0.1, -0.05) is 32.0 Å². The third-order valence-electron chi connectivity index (χ3n) is 6.21. The second-order valence-corrected chi connectivity index (χ2v) is 7.39. The van der Waals surface area contributed by atoms with Crippen molar-refractivity contribution in [2.24, 2.45) is 10.8 Å². The number of benzene rings is 1. The van der Waals surface area contributed by atoms with Gasteiger partial charge in [-0.15, -0.1) is 0 Å². The van der Waals surface area contributed by atoms with Crippen molar-refractivity contribution in [3.63, 3.8) is 0 Å². The lowest BCUT2D eigenvalue weighted by Crippen LogP contribution is -2.50. The van der Waals surface area contributed by atoms with Crippen LogP contribution in [0.5, 0.6) is 5.75 Å². The molecule has 5 heteroatoms. The molecule has 0 radical (unpaired) electrons. The summed E-state index contributed by atoms with van der Waals surface area (Å²) in [5, 5.41) is 0.888. The molecule has 1 aromatic carbocycles. The number of carbonyl (C=O) groups is 2. The van der Waals surface area contributed by atoms with Gasteiger partial charge in [0.05, 0.1) is 5.41 Å². The first kappa shape index (κ1) is 15.1. The molecule has 0 spiro atoms. The van der Waals surface area contributed by atoms with Crippen molar-refractivity contribution in [3.05, 3.63) is 36.5 Å². The van der Waals surface area contributed by atoms with Crippen molar-refractivity contribution in [2.75, 3.05) is 0 Å². The number of esters is 2. The van der Waals surface area contributed by atoms with Crippen molar-refractivity contribution in [3.8, 4) is 5.75 Å². The number of hydrogen-bond acceptors (Lipinski definition) is 5. The summed E-state index contributed by atoms with van der Waals surface area (Å²) in [7, 11) is 0. The lowest BCUT2D eigenvalue weighted by atomic mass is 9.66. The highest BCUT2D eigenvalue weighted by atomic mass is 16.6. The molecule has 4 rings (SSSR count). The maximum Gasteiger partial charge on any atom is 0.356 e. The van der Waals surface area contributed by atoms with Gasteiger partial charge in [-0.2, -0.15) is 0 Å². The number of ether oxygens (including phenoxy) is 2. The van der Waals surface area contributed by atoms with Crippen molar-refractivity contribution in [2.45, 2.75) is 39.2 Å². The first-order valence-corrected chi connectivity index (χ1v) is 8.11. The van der Waals surface area contributed by atoms with Gasteiger partial charge in [0, 0.05) is 17.0 Å². The van der Waals surface area contributed by atoms with Crippen LogP contribution in [0.4, 0.5) is 0 Å². The number of rotatable bonds is 2. The average Bonchev–Trinajstić information content (AvgIpc) is 2.85. The van der Waals surface area contributed by atoms with E-state index in [0.717, 1.165) is 5.39 Å². The molecule has 2 atom stereocenters. The van der Waals surface area contributed by atoms with Gasteiger partial charge >= 0.3 is 11.9 Å². The number of hydrogen-bond donors (Lipinski definition) is 0. The predicted octanol–water partition coefficient (Wildman–Crippen LogP) is 3.26. The average molecular weight is 325 g/mol. The predicted molar refractivity (Wildman–Crippen MR) is 87.3 cm³/mol. The minimum atomic E-state index is -1.23. The van der Waals surface area contributed by atoms with E-state index in [-0.39, 0.29) is 5.97 Å². The van der Waals surface area contributed by atoms with E-state index in [9.17, 15) is 9.59 Å². The lowest BCUT2D eigenvalue weighted by molar-refractivity contribution is -0.176. The molecular formula is C19H19NO4. The quantitative estimate of drug-likeness (QED) is 0.626. The molecule has 1 aliphatic carbocycles. The summed E-state index contributed by atoms with van der Waals surface area (Å²) in [6, 6.07) is 9.17. The summed E-state index contributed by atoms with van der Waals surface area (Å²) in [5.41, 5.74) is -1.88. The van der Waals surface area contributed by atoms with Gasteiger partial charge in [-0.05, 0) is 31.9 Å². The first-order chi connectivity index (χ1) is 11.3. The molecule has 2 unspecified atom stereocenters. The van der Waals surface area contributed by atoms with Gasteiger partial charge in [0.25, 0.3) is 0 Å². The van der Waals surface area contributed by atoms with Gasteiger partial charge in [-0.25, -0.2) is 4.79 Å². The van der Waals surface area contributed by atoms with E-state index in [0.29, 0.717) is 24.1 Å². The highest BCUT2D eigenvalue weighted by Crippen LogP contribution is 2.65. The van der Waals surface area contributed by atoms with E-state index in [1.807, 2.05) is 45.0 Å². The maximum atomic E-state index is 13.0. The molecule has 0 N–H and O–H groups in total. The fraction of sp³-hybridized carbons (Fsp3) is 0.421. The fourth-order valence-electron chi connectivity index (χ4n) is 4.04. The third-order valence-corrected chi connectivity index (χ3v) is 6.21. The molecule has 5 nitrogen and oxygen atoms in total. The molecule has 1 saturated carbocycles. The van der Waals surface area contributed by atoms with Crippen LogP contribution in [0.1, 0.15) is 33.6 Å². The topological polar surface area (TPSA) is 65.5 Å². The first-order valence-electron chi connectivity index (χ1n) is 8.11. The molecule has 2 bridgehead atoms. The van der Waals surface area contributed by atoms with Gasteiger partial charge in [0.15, 0.2) is 5.75 Å². The molecule has 0 amide bonds. The van der Waals surface area contributed by atoms with Crippen molar-refractivity contribution in [1.82, 2.24) is 4.98 Å². The van der Waals surface area contributed by atoms with Crippen LogP contribution in [0.25, 0.3) is 10.9 Å². The molecule has 1 saturated heterocycles. The Balaban J connectivity index is 1.74. The van der Waals surface area contributed by atoms with Crippen LogP contribution in [-0.4, -0.2) is 22.5 Å². The highest BCUT2D eigenvalue weighted by molar-refractivity contribution is 5.96. The van der Waals surface area contributed by atoms with E-state index in [1.54, 1.807) is 12.3 Å². The Bertz CT molecular complexity index is 869. The van der Waals surface area contributed by atoms with E-state index >= 15 is 0 Å². The Kier molecular flexibility index (Phi) is 2.87. The minimum absolute atomic E-state index is 0.313. The van der Waals surface area contributed by atoms with E-state index in [2.05, 4.69) is 4.98 Å². The summed E-state index contributed by atoms with van der Waals surface area (Å²) >= 11 is 0. The molecule has 2 aromatic rings. The van der Waals surface area contributed by atoms with Crippen molar-refractivity contribution < 1.29 is 19.1 Å². The summed E-state index contributed by atoms with van der Waals surface area (Å²) in [5.74, 6) is -0.438. The van der Waals surface area contributed by atoms with Crippen LogP contribution in [0, 0.1) is 10.8 Å². The number of fused-ring (bicyclic) bond motifs is 3. The van der Waals surface area contributed by atoms with Crippen LogP contribution in [0.2, 0.25) is 0 Å². The molecule has 1 aliphatic heterocycles. The van der Waals surface area contributed by atoms with E-state index in [1.165, 1.54) is 0 Å². The molecule has 2 aliphatic rings. The molecule has 2 fully saturated rings. The molecule has 2 heterocycles. The minimum Gasteiger partial charge on any atom is -0.446 e. The Morgan fingerprint density at radius 3 is 2.58 bits per heavy atom. The van der Waals surface area contributed by atoms with Crippen molar-refractivity contribution >= 4 is 22.8 Å². The Labute approximate surface area is 140 Å². The van der Waals surface area contributed by atoms with Crippen LogP contribution < -0.4 is 4.74 Å². The summed E-state index contributed by atoms with van der Waals surface area (Å²) in [6.07, 6.45) is 2.77. The SMILES string of the molecule is CC12CCC(C(=O)Oc3cccc4cccnc34)(OC1=O)C2(C)C. The fourth-order valence-corrected chi connectivity index (χ4v) is 4.04. The molecular weight excluding hydrogens is 306 g/mol. The Hall–Kier alpha value is -2.43. The van der Waals surface area contributed by atoms with E-state index in [4.69, 9.17) is 9.47 Å². The smallest absolute Gasteiger partial charge is 0.356 e. The normalized spacial score (nSPS) is 30.4. The second kappa shape index (κ2) is 4.56. The Morgan fingerprint density at radius 1 is 1.17 bits per heavy atom. The number of carbonyl (C=O) groups excluding carboxylic acids is 2. The number of nitrogens with zero attached hydrogens (tertiary/aromatic N) is 1. The van der Waals surface area contributed by atoms with Gasteiger partial charge < -0.3 is 9.47 Å². The number of pyridine rings is 1. The summed E-state index contributed by atoms with van der Waals surface area (Å²) in [4.78, 5) is 29.6. The largest absolute Gasteiger partial charge is 0.446 e. The zero-order valence-electron chi connectivity index (χ0n) is 14.0. The molecule has 124 valence electrons. The van der Waals surface area contributed by atoms with Crippen LogP contribution >= 0.6 is 0 Å². The van der Waals surface area contributed by atoms with Gasteiger partial charge in [0.2, 0.25) is 5.60 Å². The van der Waals surface area contributed by atoms with Crippen LogP contribution in [0.15, 0.2) is 36.5 Å². The third kappa shape index (κ3) is 1.62. The monoisotopic (exact) mass is 325 g/mol. The Morgan fingerprint density at radius 2 is 1.92 bits per heavy atom. The summed E-state index contributed by atoms with van der Waals surface area (Å²) < 4.78 is 11.3. The highest BCUT2D eigenvalue weighted by Gasteiger charge is 2.76. The zero-order valence-corrected chi connectivity index (χ0v) is 14.0. The van der Waals surface area contributed by atoms with Crippen molar-refractivity contribution in [1.29, 1.82) is 0 Å². The zero-order chi connectivity index (χ0) is 17.2. The molecule has 24 heavy (non-hydrogen) atoms. The molecule has 1 aromatic heterocycles. The number of aromatic nitrogens is 1. The second-order valence-electron chi connectivity index (χ2n) is 7.39. The summed E-state index contributed by atoms with van der Waals surface area (Å²) in [6.45, 7) is 5.69. The van der Waals surface area contributed by atoms with Crippen LogP contribution in [0.3, 0.4) is 0 Å². The standard InChI is InChI=1S/C19H19NO4/c1-17(2)18(3)9-10-19(17,24-15(18)21)16(22)23-13-8-4-6-12-7-5-11-20-14(12)13/h4-8,11H,9-10H2,1-3H3. The van der Waals surface area contributed by atoms with E-state index < -0.39 is 22.4 Å². The van der Waals surface area contributed by atoms with Gasteiger partial charge in [-0.3, -0.25) is 9.78 Å². The lowest BCUT2D eigenvalue weighted by Gasteiger charge is -2.34. The van der Waals surface area contributed by atoms with Crippen LogP contribution in [-0.2, 0) is 14.3 Å². The van der Waals surface area contributed by atoms with Gasteiger partial charge in [0.1, 0.15) is 5.52 Å². The number of para-hydroxylation sites is 1.